The molecule has 0 radical (unpaired) electrons. The zero-order valence-electron chi connectivity index (χ0n) is 10.6. The van der Waals surface area contributed by atoms with E-state index in [1.54, 1.807) is 0 Å². The number of hydrogen-bond donors (Lipinski definition) is 0. The molecular formula is C12H14N4OS2. The number of nitrogens with zero attached hydrogens (tertiary/aromatic N) is 4. The highest BCUT2D eigenvalue weighted by Gasteiger charge is 2.22. The maximum Gasteiger partial charge on any atom is 0.282 e. The molecular weight excluding hydrogens is 280 g/mol. The molecule has 1 fully saturated rings. The molecule has 7 heteroatoms. The number of carbonyl (C=O) groups is 1. The Balaban J connectivity index is 1.94. The van der Waals surface area contributed by atoms with E-state index in [9.17, 15) is 4.79 Å². The van der Waals surface area contributed by atoms with Crippen LogP contribution >= 0.6 is 23.1 Å². The van der Waals surface area contributed by atoms with Gasteiger partial charge in [0.05, 0.1) is 0 Å². The van der Waals surface area contributed by atoms with Crippen LogP contribution in [0.4, 0.5) is 0 Å². The Kier molecular flexibility index (Phi) is 3.65. The van der Waals surface area contributed by atoms with Gasteiger partial charge in [0.25, 0.3) is 5.91 Å². The molecule has 3 heterocycles. The molecule has 1 saturated heterocycles. The van der Waals surface area contributed by atoms with Crippen molar-refractivity contribution < 1.29 is 4.79 Å². The van der Waals surface area contributed by atoms with Crippen molar-refractivity contribution in [3.63, 3.8) is 0 Å². The van der Waals surface area contributed by atoms with Gasteiger partial charge in [0.1, 0.15) is 21.7 Å². The zero-order valence-corrected chi connectivity index (χ0v) is 12.3. The fraction of sp³-hybridized carbons (Fsp3) is 0.500. The molecule has 1 amide bonds. The second kappa shape index (κ2) is 5.42. The molecule has 0 atom stereocenters. The summed E-state index contributed by atoms with van der Waals surface area (Å²) in [5.41, 5.74) is 0.750. The average Bonchev–Trinajstić information content (AvgIpc) is 2.91. The van der Waals surface area contributed by atoms with Gasteiger partial charge in [-0.3, -0.25) is 4.79 Å². The minimum atomic E-state index is 0.0368. The Morgan fingerprint density at radius 1 is 1.32 bits per heavy atom. The van der Waals surface area contributed by atoms with Crippen LogP contribution in [0.2, 0.25) is 0 Å². The summed E-state index contributed by atoms with van der Waals surface area (Å²) in [4.78, 5) is 27.9. The summed E-state index contributed by atoms with van der Waals surface area (Å²) in [7, 11) is 0. The molecule has 19 heavy (non-hydrogen) atoms. The molecule has 100 valence electrons. The SMILES string of the molecule is CSc1ncnc2sc(C(=O)N3CCCCC3)nc12. The summed E-state index contributed by atoms with van der Waals surface area (Å²) >= 11 is 2.89. The van der Waals surface area contributed by atoms with E-state index in [0.29, 0.717) is 5.01 Å². The fourth-order valence-corrected chi connectivity index (χ4v) is 3.64. The van der Waals surface area contributed by atoms with Crippen LogP contribution in [0.3, 0.4) is 0 Å². The predicted molar refractivity (Wildman–Crippen MR) is 76.7 cm³/mol. The van der Waals surface area contributed by atoms with Crippen molar-refractivity contribution in [3.8, 4) is 0 Å². The van der Waals surface area contributed by atoms with Crippen molar-refractivity contribution in [2.75, 3.05) is 19.3 Å². The lowest BCUT2D eigenvalue weighted by Gasteiger charge is -2.25. The van der Waals surface area contributed by atoms with Crippen molar-refractivity contribution in [1.82, 2.24) is 19.9 Å². The van der Waals surface area contributed by atoms with E-state index in [1.807, 2.05) is 11.2 Å². The second-order valence-corrected chi connectivity index (χ2v) is 6.18. The summed E-state index contributed by atoms with van der Waals surface area (Å²) in [5, 5.41) is 1.37. The third-order valence-electron chi connectivity index (χ3n) is 3.18. The van der Waals surface area contributed by atoms with Gasteiger partial charge in [0.15, 0.2) is 5.01 Å². The quantitative estimate of drug-likeness (QED) is 0.629. The highest BCUT2D eigenvalue weighted by atomic mass is 32.2. The van der Waals surface area contributed by atoms with Crippen LogP contribution in [0.25, 0.3) is 10.3 Å². The van der Waals surface area contributed by atoms with Crippen LogP contribution < -0.4 is 0 Å². The van der Waals surface area contributed by atoms with E-state index in [4.69, 9.17) is 0 Å². The summed E-state index contributed by atoms with van der Waals surface area (Å²) < 4.78 is 0. The number of piperidine rings is 1. The predicted octanol–water partition coefficient (Wildman–Crippen LogP) is 2.43. The van der Waals surface area contributed by atoms with Gasteiger partial charge >= 0.3 is 0 Å². The van der Waals surface area contributed by atoms with Crippen LogP contribution in [-0.2, 0) is 0 Å². The van der Waals surface area contributed by atoms with Gasteiger partial charge in [-0.05, 0) is 25.5 Å². The molecule has 1 aliphatic heterocycles. The Morgan fingerprint density at radius 3 is 2.84 bits per heavy atom. The van der Waals surface area contributed by atoms with E-state index in [1.165, 1.54) is 35.8 Å². The summed E-state index contributed by atoms with van der Waals surface area (Å²) in [6.07, 6.45) is 6.87. The maximum absolute atomic E-state index is 12.4. The van der Waals surface area contributed by atoms with Crippen molar-refractivity contribution >= 4 is 39.4 Å². The first kappa shape index (κ1) is 12.8. The summed E-state index contributed by atoms with van der Waals surface area (Å²) in [5.74, 6) is 0.0368. The number of hydrogen-bond acceptors (Lipinski definition) is 6. The number of thiazole rings is 1. The first-order valence-electron chi connectivity index (χ1n) is 6.24. The number of carbonyl (C=O) groups excluding carboxylic acids is 1. The largest absolute Gasteiger partial charge is 0.337 e. The van der Waals surface area contributed by atoms with Crippen LogP contribution in [0.5, 0.6) is 0 Å². The molecule has 5 nitrogen and oxygen atoms in total. The van der Waals surface area contributed by atoms with E-state index < -0.39 is 0 Å². The molecule has 2 aromatic rings. The van der Waals surface area contributed by atoms with Gasteiger partial charge in [-0.1, -0.05) is 11.3 Å². The van der Waals surface area contributed by atoms with Gasteiger partial charge in [-0.25, -0.2) is 15.0 Å². The first-order valence-corrected chi connectivity index (χ1v) is 8.28. The Morgan fingerprint density at radius 2 is 2.11 bits per heavy atom. The number of aromatic nitrogens is 3. The molecule has 0 aromatic carbocycles. The molecule has 0 N–H and O–H groups in total. The van der Waals surface area contributed by atoms with Crippen LogP contribution in [-0.4, -0.2) is 45.1 Å². The molecule has 2 aromatic heterocycles. The molecule has 0 aliphatic carbocycles. The zero-order chi connectivity index (χ0) is 13.2. The smallest absolute Gasteiger partial charge is 0.282 e. The van der Waals surface area contributed by atoms with E-state index in [0.717, 1.165) is 41.3 Å². The molecule has 0 unspecified atom stereocenters. The summed E-state index contributed by atoms with van der Waals surface area (Å²) in [6, 6.07) is 0. The third kappa shape index (κ3) is 2.44. The Bertz CT molecular complexity index is 607. The summed E-state index contributed by atoms with van der Waals surface area (Å²) in [6.45, 7) is 1.69. The lowest BCUT2D eigenvalue weighted by Crippen LogP contribution is -2.35. The van der Waals surface area contributed by atoms with Crippen molar-refractivity contribution in [1.29, 1.82) is 0 Å². The van der Waals surface area contributed by atoms with Crippen LogP contribution in [0, 0.1) is 0 Å². The molecule has 3 rings (SSSR count). The van der Waals surface area contributed by atoms with Gasteiger partial charge in [0, 0.05) is 13.1 Å². The number of amides is 1. The number of thioether (sulfide) groups is 1. The normalized spacial score (nSPS) is 15.9. The van der Waals surface area contributed by atoms with Crippen LogP contribution in [0.1, 0.15) is 29.1 Å². The van der Waals surface area contributed by atoms with Gasteiger partial charge in [0.2, 0.25) is 0 Å². The Hall–Kier alpha value is -1.21. The van der Waals surface area contributed by atoms with Gasteiger partial charge < -0.3 is 4.90 Å². The standard InChI is InChI=1S/C12H14N4OS2/c1-18-9-8-10(14-7-13-9)19-11(15-8)12(17)16-5-3-2-4-6-16/h7H,2-6H2,1H3. The number of rotatable bonds is 2. The second-order valence-electron chi connectivity index (χ2n) is 4.41. The van der Waals surface area contributed by atoms with Gasteiger partial charge in [-0.15, -0.1) is 11.8 Å². The lowest BCUT2D eigenvalue weighted by molar-refractivity contribution is 0.0724. The van der Waals surface area contributed by atoms with Crippen molar-refractivity contribution in [3.05, 3.63) is 11.3 Å². The lowest BCUT2D eigenvalue weighted by atomic mass is 10.1. The first-order chi connectivity index (χ1) is 9.29. The fourth-order valence-electron chi connectivity index (χ4n) is 2.21. The topological polar surface area (TPSA) is 59.0 Å². The van der Waals surface area contributed by atoms with E-state index in [-0.39, 0.29) is 5.91 Å². The molecule has 0 spiro atoms. The molecule has 0 bridgehead atoms. The maximum atomic E-state index is 12.4. The number of fused-ring (bicyclic) bond motifs is 1. The molecule has 1 aliphatic rings. The monoisotopic (exact) mass is 294 g/mol. The number of likely N-dealkylation sites (tertiary alicyclic amines) is 1. The van der Waals surface area contributed by atoms with Crippen LogP contribution in [0.15, 0.2) is 11.4 Å². The van der Waals surface area contributed by atoms with Gasteiger partial charge in [-0.2, -0.15) is 0 Å². The Labute approximate surface area is 119 Å². The highest BCUT2D eigenvalue weighted by molar-refractivity contribution is 7.98. The van der Waals surface area contributed by atoms with Crippen molar-refractivity contribution in [2.45, 2.75) is 24.3 Å². The third-order valence-corrected chi connectivity index (χ3v) is 4.82. The highest BCUT2D eigenvalue weighted by Crippen LogP contribution is 2.27. The minimum absolute atomic E-state index is 0.0368. The van der Waals surface area contributed by atoms with E-state index >= 15 is 0 Å². The van der Waals surface area contributed by atoms with E-state index in [2.05, 4.69) is 15.0 Å². The minimum Gasteiger partial charge on any atom is -0.337 e. The van der Waals surface area contributed by atoms with Crippen molar-refractivity contribution in [2.24, 2.45) is 0 Å². The average molecular weight is 294 g/mol. The molecule has 0 saturated carbocycles.